The van der Waals surface area contributed by atoms with Crippen LogP contribution in [0.2, 0.25) is 5.15 Å². The molecule has 0 saturated carbocycles. The van der Waals surface area contributed by atoms with Crippen LogP contribution in [-0.2, 0) is 4.79 Å². The van der Waals surface area contributed by atoms with Crippen molar-refractivity contribution in [2.24, 2.45) is 5.92 Å². The number of fused-ring (bicyclic) bond motifs is 2. The van der Waals surface area contributed by atoms with Gasteiger partial charge in [-0.25, -0.2) is 9.97 Å². The van der Waals surface area contributed by atoms with Crippen LogP contribution in [0.25, 0.3) is 5.52 Å². The summed E-state index contributed by atoms with van der Waals surface area (Å²) in [6.45, 7) is 0.238. The highest BCUT2D eigenvalue weighted by Gasteiger charge is 2.55. The highest BCUT2D eigenvalue weighted by molar-refractivity contribution is 9.10. The van der Waals surface area contributed by atoms with Crippen molar-refractivity contribution in [3.8, 4) is 0 Å². The van der Waals surface area contributed by atoms with Crippen LogP contribution in [0.4, 0.5) is 13.2 Å². The van der Waals surface area contributed by atoms with Gasteiger partial charge in [-0.1, -0.05) is 11.6 Å². The maximum atomic E-state index is 13.2. The Balaban J connectivity index is 1.66. The van der Waals surface area contributed by atoms with Gasteiger partial charge in [-0.2, -0.15) is 13.2 Å². The van der Waals surface area contributed by atoms with Crippen molar-refractivity contribution in [3.05, 3.63) is 28.0 Å². The highest BCUT2D eigenvalue weighted by Crippen LogP contribution is 2.45. The van der Waals surface area contributed by atoms with Crippen molar-refractivity contribution >= 4 is 39.0 Å². The van der Waals surface area contributed by atoms with E-state index in [1.54, 1.807) is 16.8 Å². The van der Waals surface area contributed by atoms with Crippen LogP contribution in [0.1, 0.15) is 31.0 Å². The smallest absolute Gasteiger partial charge is 0.338 e. The minimum atomic E-state index is -4.34. The molecule has 2 saturated heterocycles. The van der Waals surface area contributed by atoms with Crippen molar-refractivity contribution in [2.45, 2.75) is 37.4 Å². The Hall–Kier alpha value is -1.35. The number of amides is 1. The highest BCUT2D eigenvalue weighted by atomic mass is 79.9. The molecule has 0 unspecified atom stereocenters. The summed E-state index contributed by atoms with van der Waals surface area (Å²) in [4.78, 5) is 22.0. The fraction of sp³-hybridized carbons (Fsp3) is 0.533. The van der Waals surface area contributed by atoms with Crippen LogP contribution in [-0.4, -0.2) is 43.9 Å². The Labute approximate surface area is 154 Å². The predicted molar refractivity (Wildman–Crippen MR) is 87.3 cm³/mol. The molecule has 0 N–H and O–H groups in total. The molecule has 2 aliphatic heterocycles. The second-order valence-electron chi connectivity index (χ2n) is 6.44. The summed E-state index contributed by atoms with van der Waals surface area (Å²) in [5, 5.41) is 0.288. The molecular weight excluding hydrogens is 425 g/mol. The third-order valence-electron chi connectivity index (χ3n) is 5.09. The molecule has 0 aromatic carbocycles. The summed E-state index contributed by atoms with van der Waals surface area (Å²) >= 11 is 9.46. The largest absolute Gasteiger partial charge is 0.394 e. The molecule has 0 spiro atoms. The van der Waals surface area contributed by atoms with Crippen molar-refractivity contribution in [1.82, 2.24) is 19.3 Å². The topological polar surface area (TPSA) is 50.5 Å². The third-order valence-corrected chi connectivity index (χ3v) is 5.92. The summed E-state index contributed by atoms with van der Waals surface area (Å²) in [5.74, 6) is -1.47. The number of hydrogen-bond donors (Lipinski definition) is 0. The zero-order valence-corrected chi connectivity index (χ0v) is 15.1. The molecule has 0 bridgehead atoms. The van der Waals surface area contributed by atoms with Gasteiger partial charge in [-0.15, -0.1) is 0 Å². The number of halogens is 5. The molecular formula is C15H13BrClF3N4O. The lowest BCUT2D eigenvalue weighted by molar-refractivity contribution is -0.182. The van der Waals surface area contributed by atoms with Gasteiger partial charge < -0.3 is 4.90 Å². The first kappa shape index (κ1) is 17.1. The summed E-state index contributed by atoms with van der Waals surface area (Å²) in [6, 6.07) is -0.760. The molecule has 2 aromatic heterocycles. The lowest BCUT2D eigenvalue weighted by atomic mass is 9.87. The van der Waals surface area contributed by atoms with E-state index in [1.165, 1.54) is 4.90 Å². The normalized spacial score (nSPS) is 27.2. The summed E-state index contributed by atoms with van der Waals surface area (Å²) in [5.41, 5.74) is 0.613. The van der Waals surface area contributed by atoms with Crippen LogP contribution >= 0.6 is 27.5 Å². The van der Waals surface area contributed by atoms with E-state index in [0.717, 1.165) is 0 Å². The molecule has 134 valence electrons. The average Bonchev–Trinajstić information content (AvgIpc) is 3.06. The molecule has 0 radical (unpaired) electrons. The predicted octanol–water partition coefficient (Wildman–Crippen LogP) is 3.80. The maximum absolute atomic E-state index is 13.2. The van der Waals surface area contributed by atoms with Gasteiger partial charge in [-0.3, -0.25) is 9.20 Å². The first-order valence-corrected chi connectivity index (χ1v) is 8.98. The molecule has 2 aromatic rings. The van der Waals surface area contributed by atoms with Crippen molar-refractivity contribution in [1.29, 1.82) is 0 Å². The lowest BCUT2D eigenvalue weighted by Crippen LogP contribution is -2.45. The van der Waals surface area contributed by atoms with Crippen molar-refractivity contribution in [3.63, 3.8) is 0 Å². The Morgan fingerprint density at radius 1 is 1.32 bits per heavy atom. The Morgan fingerprint density at radius 3 is 2.80 bits per heavy atom. The monoisotopic (exact) mass is 436 g/mol. The molecule has 2 aliphatic rings. The van der Waals surface area contributed by atoms with E-state index in [-0.39, 0.29) is 17.6 Å². The third kappa shape index (κ3) is 2.71. The Bertz CT molecular complexity index is 855. The quantitative estimate of drug-likeness (QED) is 0.682. The van der Waals surface area contributed by atoms with Gasteiger partial charge in [0, 0.05) is 37.3 Å². The number of imidazole rings is 1. The number of aromatic nitrogens is 3. The van der Waals surface area contributed by atoms with Gasteiger partial charge in [-0.05, 0) is 28.8 Å². The zero-order chi connectivity index (χ0) is 17.9. The van der Waals surface area contributed by atoms with Gasteiger partial charge in [0.1, 0.15) is 15.9 Å². The standard InChI is InChI=1S/C15H13BrClF3N4O/c16-12-11-13(17)21-3-4-23(11)14(22-12)7-1-2-9-8(15(18,19)20)5-10(25)24(9)6-7/h3-4,7-9H,1-2,5-6H2/t7-,8-,9+/m1/s1. The fourth-order valence-electron chi connectivity index (χ4n) is 3.95. The van der Waals surface area contributed by atoms with Crippen LogP contribution in [0.3, 0.4) is 0 Å². The number of carbonyl (C=O) groups is 1. The number of carbonyl (C=O) groups excluding carboxylic acids is 1. The molecule has 4 rings (SSSR count). The molecule has 0 aliphatic carbocycles. The SMILES string of the molecule is O=C1C[C@@H](C(F)(F)F)[C@@H]2CC[C@@H](c3nc(Br)c4c(Cl)nccn34)CN12. The first-order chi connectivity index (χ1) is 11.8. The number of rotatable bonds is 1. The van der Waals surface area contributed by atoms with Crippen LogP contribution in [0.5, 0.6) is 0 Å². The molecule has 3 atom stereocenters. The van der Waals surface area contributed by atoms with E-state index in [4.69, 9.17) is 11.6 Å². The zero-order valence-electron chi connectivity index (χ0n) is 12.8. The van der Waals surface area contributed by atoms with Gasteiger partial charge in [0.05, 0.1) is 5.92 Å². The van der Waals surface area contributed by atoms with Gasteiger partial charge in [0.2, 0.25) is 5.91 Å². The molecule has 25 heavy (non-hydrogen) atoms. The molecule has 5 nitrogen and oxygen atoms in total. The lowest BCUT2D eigenvalue weighted by Gasteiger charge is -2.37. The van der Waals surface area contributed by atoms with Gasteiger partial charge in [0.25, 0.3) is 0 Å². The summed E-state index contributed by atoms with van der Waals surface area (Å²) in [7, 11) is 0. The van der Waals surface area contributed by atoms with Crippen molar-refractivity contribution in [2.75, 3.05) is 6.54 Å². The molecule has 4 heterocycles. The van der Waals surface area contributed by atoms with E-state index < -0.39 is 30.5 Å². The van der Waals surface area contributed by atoms with Crippen molar-refractivity contribution < 1.29 is 18.0 Å². The van der Waals surface area contributed by atoms with E-state index >= 15 is 0 Å². The number of nitrogens with zero attached hydrogens (tertiary/aromatic N) is 4. The Morgan fingerprint density at radius 2 is 2.08 bits per heavy atom. The minimum absolute atomic E-state index is 0.149. The van der Waals surface area contributed by atoms with E-state index in [1.807, 2.05) is 0 Å². The Kier molecular flexibility index (Phi) is 3.99. The number of hydrogen-bond acceptors (Lipinski definition) is 3. The second kappa shape index (κ2) is 5.84. The van der Waals surface area contributed by atoms with Crippen LogP contribution in [0, 0.1) is 5.92 Å². The molecule has 2 fully saturated rings. The fourth-order valence-corrected chi connectivity index (χ4v) is 4.87. The maximum Gasteiger partial charge on any atom is 0.394 e. The van der Waals surface area contributed by atoms with Crippen LogP contribution < -0.4 is 0 Å². The molecule has 10 heteroatoms. The number of piperidine rings is 1. The van der Waals surface area contributed by atoms with E-state index in [2.05, 4.69) is 25.9 Å². The van der Waals surface area contributed by atoms with Gasteiger partial charge in [0.15, 0.2) is 5.15 Å². The average molecular weight is 438 g/mol. The second-order valence-corrected chi connectivity index (χ2v) is 7.55. The van der Waals surface area contributed by atoms with Gasteiger partial charge >= 0.3 is 6.18 Å². The number of alkyl halides is 3. The van der Waals surface area contributed by atoms with Crippen LogP contribution in [0.15, 0.2) is 17.0 Å². The first-order valence-electron chi connectivity index (χ1n) is 7.81. The van der Waals surface area contributed by atoms with E-state index in [0.29, 0.717) is 28.8 Å². The minimum Gasteiger partial charge on any atom is -0.338 e. The van der Waals surface area contributed by atoms with E-state index in [9.17, 15) is 18.0 Å². The molecule has 1 amide bonds. The summed E-state index contributed by atoms with van der Waals surface area (Å²) < 4.78 is 41.8. The summed E-state index contributed by atoms with van der Waals surface area (Å²) in [6.07, 6.45) is -0.699.